The van der Waals surface area contributed by atoms with Crippen LogP contribution in [0.4, 0.5) is 16.2 Å². The summed E-state index contributed by atoms with van der Waals surface area (Å²) in [7, 11) is 0. The van der Waals surface area contributed by atoms with Crippen molar-refractivity contribution in [3.05, 3.63) is 82.7 Å². The molecule has 0 aliphatic carbocycles. The highest BCUT2D eigenvalue weighted by molar-refractivity contribution is 9.10. The van der Waals surface area contributed by atoms with Gasteiger partial charge in [0.1, 0.15) is 5.76 Å². The first-order valence-corrected chi connectivity index (χ1v) is 10.7. The standard InChI is InChI=1S/C23H23BrN4O4/c1-15(29)26-21(16-4-6-17(24)7-5-16)13-22(30)27-18-8-10-19(11-9-18)28-23(31)25-14-20-3-2-12-32-20/h2-12,21H,13-14H2,1H3,(H,26,29)(H,27,30)(H2,25,28,31). The molecule has 4 amide bonds. The minimum absolute atomic E-state index is 0.0798. The largest absolute Gasteiger partial charge is 0.467 e. The van der Waals surface area contributed by atoms with E-state index in [2.05, 4.69) is 37.2 Å². The SMILES string of the molecule is CC(=O)NC(CC(=O)Nc1ccc(NC(=O)NCc2ccco2)cc1)c1ccc(Br)cc1. The van der Waals surface area contributed by atoms with Gasteiger partial charge in [0.05, 0.1) is 25.3 Å². The van der Waals surface area contributed by atoms with Crippen LogP contribution < -0.4 is 21.3 Å². The van der Waals surface area contributed by atoms with Crippen LogP contribution in [0.2, 0.25) is 0 Å². The first-order chi connectivity index (χ1) is 15.4. The molecule has 3 rings (SSSR count). The number of nitrogens with one attached hydrogen (secondary N) is 4. The van der Waals surface area contributed by atoms with Crippen LogP contribution >= 0.6 is 15.9 Å². The zero-order valence-corrected chi connectivity index (χ0v) is 18.9. The van der Waals surface area contributed by atoms with Gasteiger partial charge in [-0.1, -0.05) is 28.1 Å². The fourth-order valence-electron chi connectivity index (χ4n) is 2.98. The lowest BCUT2D eigenvalue weighted by Crippen LogP contribution is -2.29. The fraction of sp³-hybridized carbons (Fsp3) is 0.174. The van der Waals surface area contributed by atoms with Crippen LogP contribution in [0.15, 0.2) is 75.8 Å². The predicted octanol–water partition coefficient (Wildman–Crippen LogP) is 4.57. The maximum absolute atomic E-state index is 12.5. The summed E-state index contributed by atoms with van der Waals surface area (Å²) in [6.45, 7) is 1.70. The molecular formula is C23H23BrN4O4. The molecule has 9 heteroatoms. The zero-order chi connectivity index (χ0) is 22.9. The highest BCUT2D eigenvalue weighted by Crippen LogP contribution is 2.21. The number of amides is 4. The van der Waals surface area contributed by atoms with Crippen LogP contribution in [0.25, 0.3) is 0 Å². The number of furan rings is 1. The third-order valence-electron chi connectivity index (χ3n) is 4.47. The monoisotopic (exact) mass is 498 g/mol. The maximum atomic E-state index is 12.5. The molecule has 8 nitrogen and oxygen atoms in total. The highest BCUT2D eigenvalue weighted by atomic mass is 79.9. The van der Waals surface area contributed by atoms with Crippen molar-refractivity contribution in [2.45, 2.75) is 25.9 Å². The summed E-state index contributed by atoms with van der Waals surface area (Å²) < 4.78 is 6.07. The molecule has 0 bridgehead atoms. The summed E-state index contributed by atoms with van der Waals surface area (Å²) in [6.07, 6.45) is 1.62. The molecule has 0 spiro atoms. The van der Waals surface area contributed by atoms with Gasteiger partial charge < -0.3 is 25.7 Å². The molecule has 0 saturated carbocycles. The number of hydrogen-bond acceptors (Lipinski definition) is 4. The van der Waals surface area contributed by atoms with Crippen LogP contribution in [-0.2, 0) is 16.1 Å². The molecule has 1 atom stereocenters. The minimum atomic E-state index is -0.445. The average Bonchev–Trinajstić information content (AvgIpc) is 3.27. The fourth-order valence-corrected chi connectivity index (χ4v) is 3.25. The summed E-state index contributed by atoms with van der Waals surface area (Å²) in [5, 5.41) is 11.0. The first-order valence-electron chi connectivity index (χ1n) is 9.89. The number of hydrogen-bond donors (Lipinski definition) is 4. The Morgan fingerprint density at radius 2 is 1.59 bits per heavy atom. The van der Waals surface area contributed by atoms with E-state index in [0.29, 0.717) is 17.1 Å². The third-order valence-corrected chi connectivity index (χ3v) is 5.00. The van der Waals surface area contributed by atoms with Crippen molar-refractivity contribution >= 4 is 45.2 Å². The normalized spacial score (nSPS) is 11.3. The van der Waals surface area contributed by atoms with E-state index in [9.17, 15) is 14.4 Å². The molecule has 1 heterocycles. The highest BCUT2D eigenvalue weighted by Gasteiger charge is 2.17. The second-order valence-corrected chi connectivity index (χ2v) is 7.94. The molecule has 1 unspecified atom stereocenters. The maximum Gasteiger partial charge on any atom is 0.319 e. The van der Waals surface area contributed by atoms with Crippen molar-refractivity contribution in [2.75, 3.05) is 10.6 Å². The molecule has 1 aromatic heterocycles. The molecule has 0 radical (unpaired) electrons. The lowest BCUT2D eigenvalue weighted by Gasteiger charge is -2.18. The van der Waals surface area contributed by atoms with E-state index in [0.717, 1.165) is 10.0 Å². The lowest BCUT2D eigenvalue weighted by atomic mass is 10.0. The van der Waals surface area contributed by atoms with Crippen molar-refractivity contribution in [3.63, 3.8) is 0 Å². The number of benzene rings is 2. The van der Waals surface area contributed by atoms with E-state index in [4.69, 9.17) is 4.42 Å². The molecule has 0 fully saturated rings. The Labute approximate surface area is 193 Å². The number of carbonyl (C=O) groups excluding carboxylic acids is 3. The lowest BCUT2D eigenvalue weighted by molar-refractivity contribution is -0.120. The van der Waals surface area contributed by atoms with Gasteiger partial charge in [-0.2, -0.15) is 0 Å². The van der Waals surface area contributed by atoms with Crippen LogP contribution in [0.3, 0.4) is 0 Å². The van der Waals surface area contributed by atoms with Gasteiger partial charge in [-0.15, -0.1) is 0 Å². The van der Waals surface area contributed by atoms with Crippen molar-refractivity contribution in [2.24, 2.45) is 0 Å². The second-order valence-electron chi connectivity index (χ2n) is 7.02. The molecule has 4 N–H and O–H groups in total. The van der Waals surface area contributed by atoms with E-state index in [-0.39, 0.29) is 30.8 Å². The van der Waals surface area contributed by atoms with E-state index in [1.165, 1.54) is 6.92 Å². The van der Waals surface area contributed by atoms with Crippen LogP contribution in [0.5, 0.6) is 0 Å². The molecule has 3 aromatic rings. The molecule has 2 aromatic carbocycles. The Bertz CT molecular complexity index is 1050. The summed E-state index contributed by atoms with van der Waals surface area (Å²) in [6, 6.07) is 16.9. The summed E-state index contributed by atoms with van der Waals surface area (Å²) in [5.41, 5.74) is 1.98. The Kier molecular flexibility index (Phi) is 8.04. The van der Waals surface area contributed by atoms with Crippen LogP contribution in [-0.4, -0.2) is 17.8 Å². The molecule has 166 valence electrons. The number of carbonyl (C=O) groups is 3. The van der Waals surface area contributed by atoms with Crippen molar-refractivity contribution in [1.29, 1.82) is 0 Å². The van der Waals surface area contributed by atoms with E-state index in [1.807, 2.05) is 24.3 Å². The smallest absolute Gasteiger partial charge is 0.319 e. The topological polar surface area (TPSA) is 112 Å². The van der Waals surface area contributed by atoms with Crippen LogP contribution in [0, 0.1) is 0 Å². The van der Waals surface area contributed by atoms with Gasteiger partial charge >= 0.3 is 6.03 Å². The van der Waals surface area contributed by atoms with Crippen LogP contribution in [0.1, 0.15) is 30.7 Å². The third kappa shape index (κ3) is 7.28. The Balaban J connectivity index is 1.52. The Morgan fingerprint density at radius 3 is 2.19 bits per heavy atom. The molecular weight excluding hydrogens is 476 g/mol. The van der Waals surface area contributed by atoms with Gasteiger partial charge in [-0.25, -0.2) is 4.79 Å². The number of anilines is 2. The van der Waals surface area contributed by atoms with Crippen molar-refractivity contribution < 1.29 is 18.8 Å². The first kappa shape index (κ1) is 23.1. The minimum Gasteiger partial charge on any atom is -0.467 e. The van der Waals surface area contributed by atoms with Crippen molar-refractivity contribution in [3.8, 4) is 0 Å². The van der Waals surface area contributed by atoms with E-state index in [1.54, 1.807) is 42.7 Å². The summed E-state index contributed by atoms with van der Waals surface area (Å²) in [4.78, 5) is 36.1. The number of rotatable bonds is 8. The Morgan fingerprint density at radius 1 is 0.938 bits per heavy atom. The summed E-state index contributed by atoms with van der Waals surface area (Å²) >= 11 is 3.38. The molecule has 0 aliphatic rings. The molecule has 0 saturated heterocycles. The van der Waals surface area contributed by atoms with Gasteiger partial charge in [0, 0.05) is 22.8 Å². The number of halogens is 1. The Hall–Kier alpha value is -3.59. The molecule has 32 heavy (non-hydrogen) atoms. The summed E-state index contributed by atoms with van der Waals surface area (Å²) in [5.74, 6) is 0.189. The van der Waals surface area contributed by atoms with E-state index >= 15 is 0 Å². The predicted molar refractivity (Wildman–Crippen MR) is 125 cm³/mol. The number of urea groups is 1. The van der Waals surface area contributed by atoms with Gasteiger partial charge in [0.2, 0.25) is 11.8 Å². The average molecular weight is 499 g/mol. The van der Waals surface area contributed by atoms with Gasteiger partial charge in [-0.3, -0.25) is 9.59 Å². The molecule has 0 aliphatic heterocycles. The quantitative estimate of drug-likeness (QED) is 0.364. The zero-order valence-electron chi connectivity index (χ0n) is 17.4. The van der Waals surface area contributed by atoms with Gasteiger partial charge in [-0.05, 0) is 54.1 Å². The second kappa shape index (κ2) is 11.1. The van der Waals surface area contributed by atoms with E-state index < -0.39 is 6.04 Å². The van der Waals surface area contributed by atoms with Crippen molar-refractivity contribution in [1.82, 2.24) is 10.6 Å². The van der Waals surface area contributed by atoms with Gasteiger partial charge in [0.25, 0.3) is 0 Å². The van der Waals surface area contributed by atoms with Gasteiger partial charge in [0.15, 0.2) is 0 Å².